The summed E-state index contributed by atoms with van der Waals surface area (Å²) < 4.78 is 19.4. The van der Waals surface area contributed by atoms with Gasteiger partial charge in [0.25, 0.3) is 0 Å². The van der Waals surface area contributed by atoms with Gasteiger partial charge in [-0.2, -0.15) is 5.26 Å². The number of nitriles is 1. The third-order valence-electron chi connectivity index (χ3n) is 5.02. The summed E-state index contributed by atoms with van der Waals surface area (Å²) in [4.78, 5) is 17.1. The molecule has 0 radical (unpaired) electrons. The number of hydrogen-bond donors (Lipinski definition) is 1. The standard InChI is InChI=1S/C25H14FN3O2S/c26-20-7-3-4-8-21(20)28-13-16(12-27)24-29-22(14-32-24)19-11-18-17-6-2-1-5-15(17)9-10-23(18)31-25(19)30/h1-11,13-14,28H/b16-13+. The minimum Gasteiger partial charge on any atom is -0.422 e. The van der Waals surface area contributed by atoms with E-state index in [2.05, 4.69) is 16.4 Å². The monoisotopic (exact) mass is 439 g/mol. The van der Waals surface area contributed by atoms with Crippen molar-refractivity contribution in [2.45, 2.75) is 0 Å². The van der Waals surface area contributed by atoms with E-state index in [1.165, 1.54) is 23.6 Å². The highest BCUT2D eigenvalue weighted by Crippen LogP contribution is 2.30. The summed E-state index contributed by atoms with van der Waals surface area (Å²) in [6.07, 6.45) is 1.40. The van der Waals surface area contributed by atoms with Crippen LogP contribution in [0.15, 0.2) is 87.5 Å². The molecule has 5 rings (SSSR count). The van der Waals surface area contributed by atoms with Crippen LogP contribution in [-0.2, 0) is 0 Å². The zero-order chi connectivity index (χ0) is 22.1. The maximum Gasteiger partial charge on any atom is 0.345 e. The number of hydrogen-bond acceptors (Lipinski definition) is 6. The molecule has 0 saturated heterocycles. The third-order valence-corrected chi connectivity index (χ3v) is 5.89. The SMILES string of the molecule is N#C/C(=C\Nc1ccccc1F)c1nc(-c2cc3c(ccc4ccccc43)oc2=O)cs1. The van der Waals surface area contributed by atoms with Gasteiger partial charge in [-0.15, -0.1) is 11.3 Å². The Balaban J connectivity index is 1.55. The molecule has 0 aliphatic carbocycles. The summed E-state index contributed by atoms with van der Waals surface area (Å²) in [6.45, 7) is 0. The number of thiazole rings is 1. The van der Waals surface area contributed by atoms with E-state index in [1.54, 1.807) is 35.7 Å². The second kappa shape index (κ2) is 8.10. The maximum absolute atomic E-state index is 13.8. The van der Waals surface area contributed by atoms with Gasteiger partial charge in [-0.25, -0.2) is 14.2 Å². The van der Waals surface area contributed by atoms with E-state index in [0.29, 0.717) is 21.8 Å². The molecule has 0 aliphatic rings. The molecule has 32 heavy (non-hydrogen) atoms. The third kappa shape index (κ3) is 3.53. The molecule has 0 unspecified atom stereocenters. The molecule has 0 aliphatic heterocycles. The first-order valence-electron chi connectivity index (χ1n) is 9.67. The fourth-order valence-corrected chi connectivity index (χ4v) is 4.23. The van der Waals surface area contributed by atoms with Crippen LogP contribution in [0.5, 0.6) is 0 Å². The molecule has 154 valence electrons. The Morgan fingerprint density at radius 1 is 1.09 bits per heavy atom. The van der Waals surface area contributed by atoms with Gasteiger partial charge in [0, 0.05) is 17.0 Å². The zero-order valence-electron chi connectivity index (χ0n) is 16.5. The van der Waals surface area contributed by atoms with E-state index in [1.807, 2.05) is 30.3 Å². The lowest BCUT2D eigenvalue weighted by molar-refractivity contribution is 0.563. The van der Waals surface area contributed by atoms with Crippen LogP contribution in [0.1, 0.15) is 5.01 Å². The molecule has 0 atom stereocenters. The predicted octanol–water partition coefficient (Wildman–Crippen LogP) is 6.19. The van der Waals surface area contributed by atoms with E-state index in [4.69, 9.17) is 4.42 Å². The van der Waals surface area contributed by atoms with Crippen LogP contribution >= 0.6 is 11.3 Å². The molecule has 0 bridgehead atoms. The number of rotatable bonds is 4. The van der Waals surface area contributed by atoms with Gasteiger partial charge in [0.05, 0.1) is 16.9 Å². The quantitative estimate of drug-likeness (QED) is 0.205. The summed E-state index contributed by atoms with van der Waals surface area (Å²) in [7, 11) is 0. The number of para-hydroxylation sites is 1. The molecule has 2 heterocycles. The van der Waals surface area contributed by atoms with Crippen molar-refractivity contribution in [3.8, 4) is 17.3 Å². The van der Waals surface area contributed by atoms with Crippen LogP contribution in [-0.4, -0.2) is 4.98 Å². The lowest BCUT2D eigenvalue weighted by Crippen LogP contribution is -2.03. The van der Waals surface area contributed by atoms with Crippen LogP contribution in [0.3, 0.4) is 0 Å². The number of benzene rings is 3. The van der Waals surface area contributed by atoms with Gasteiger partial charge >= 0.3 is 5.63 Å². The predicted molar refractivity (Wildman–Crippen MR) is 125 cm³/mol. The topological polar surface area (TPSA) is 78.9 Å². The number of aromatic nitrogens is 1. The van der Waals surface area contributed by atoms with Crippen molar-refractivity contribution in [3.05, 3.63) is 99.6 Å². The Hall–Kier alpha value is -4.28. The largest absolute Gasteiger partial charge is 0.422 e. The summed E-state index contributed by atoms with van der Waals surface area (Å²) in [5, 5.41) is 17.3. The normalized spacial score (nSPS) is 11.6. The lowest BCUT2D eigenvalue weighted by atomic mass is 10.0. The minimum absolute atomic E-state index is 0.222. The molecular weight excluding hydrogens is 425 g/mol. The Labute approximate surface area is 185 Å². The number of halogens is 1. The van der Waals surface area contributed by atoms with Crippen molar-refractivity contribution in [3.63, 3.8) is 0 Å². The van der Waals surface area contributed by atoms with Crippen LogP contribution in [0.25, 0.3) is 38.6 Å². The first kappa shape index (κ1) is 19.7. The van der Waals surface area contributed by atoms with Gasteiger partial charge < -0.3 is 9.73 Å². The van der Waals surface area contributed by atoms with E-state index >= 15 is 0 Å². The van der Waals surface area contributed by atoms with Crippen molar-refractivity contribution >= 4 is 44.3 Å². The summed E-state index contributed by atoms with van der Waals surface area (Å²) in [5.41, 5.74) is 1.20. The van der Waals surface area contributed by atoms with Crippen molar-refractivity contribution in [1.82, 2.24) is 4.98 Å². The van der Waals surface area contributed by atoms with E-state index < -0.39 is 11.4 Å². The van der Waals surface area contributed by atoms with Crippen LogP contribution in [0.2, 0.25) is 0 Å². The van der Waals surface area contributed by atoms with Crippen LogP contribution in [0.4, 0.5) is 10.1 Å². The van der Waals surface area contributed by atoms with Crippen LogP contribution < -0.4 is 10.9 Å². The second-order valence-electron chi connectivity index (χ2n) is 6.98. The lowest BCUT2D eigenvalue weighted by Gasteiger charge is -2.04. The Kier molecular flexibility index (Phi) is 4.98. The number of fused-ring (bicyclic) bond motifs is 3. The van der Waals surface area contributed by atoms with E-state index in [9.17, 15) is 14.4 Å². The molecule has 7 heteroatoms. The second-order valence-corrected chi connectivity index (χ2v) is 7.84. The van der Waals surface area contributed by atoms with Crippen LogP contribution in [0, 0.1) is 17.1 Å². The smallest absolute Gasteiger partial charge is 0.345 e. The van der Waals surface area contributed by atoms with Gasteiger partial charge in [0.15, 0.2) is 0 Å². The molecule has 0 spiro atoms. The van der Waals surface area contributed by atoms with Gasteiger partial charge in [-0.05, 0) is 35.0 Å². The number of nitrogens with one attached hydrogen (secondary N) is 1. The summed E-state index contributed by atoms with van der Waals surface area (Å²) in [6, 6.07) is 21.5. The van der Waals surface area contributed by atoms with Gasteiger partial charge in [-0.1, -0.05) is 42.5 Å². The zero-order valence-corrected chi connectivity index (χ0v) is 17.3. The average Bonchev–Trinajstić information content (AvgIpc) is 3.30. The first-order chi connectivity index (χ1) is 15.6. The molecule has 0 saturated carbocycles. The number of anilines is 1. The van der Waals surface area contributed by atoms with Gasteiger partial charge in [0.1, 0.15) is 28.1 Å². The Bertz CT molecular complexity index is 1610. The molecule has 2 aromatic heterocycles. The average molecular weight is 439 g/mol. The molecule has 5 nitrogen and oxygen atoms in total. The molecule has 1 N–H and O–H groups in total. The molecule has 3 aromatic carbocycles. The summed E-state index contributed by atoms with van der Waals surface area (Å²) in [5.74, 6) is -0.429. The van der Waals surface area contributed by atoms with Crippen molar-refractivity contribution in [2.24, 2.45) is 0 Å². The van der Waals surface area contributed by atoms with Gasteiger partial charge in [-0.3, -0.25) is 0 Å². The highest BCUT2D eigenvalue weighted by molar-refractivity contribution is 7.11. The van der Waals surface area contributed by atoms with Crippen molar-refractivity contribution in [2.75, 3.05) is 5.32 Å². The van der Waals surface area contributed by atoms with Crippen molar-refractivity contribution in [1.29, 1.82) is 5.26 Å². The number of allylic oxidation sites excluding steroid dienone is 1. The minimum atomic E-state index is -0.503. The molecule has 0 fully saturated rings. The highest BCUT2D eigenvalue weighted by Gasteiger charge is 2.15. The van der Waals surface area contributed by atoms with Crippen molar-refractivity contribution < 1.29 is 8.81 Å². The van der Waals surface area contributed by atoms with E-state index in [-0.39, 0.29) is 11.3 Å². The first-order valence-corrected chi connectivity index (χ1v) is 10.6. The molecule has 0 amide bonds. The molecular formula is C25H14FN3O2S. The van der Waals surface area contributed by atoms with Gasteiger partial charge in [0.2, 0.25) is 0 Å². The molecule has 5 aromatic rings. The Morgan fingerprint density at radius 3 is 2.75 bits per heavy atom. The fraction of sp³-hybridized carbons (Fsp3) is 0. The summed E-state index contributed by atoms with van der Waals surface area (Å²) >= 11 is 1.22. The maximum atomic E-state index is 13.8. The Morgan fingerprint density at radius 2 is 1.91 bits per heavy atom. The highest BCUT2D eigenvalue weighted by atomic mass is 32.1. The fourth-order valence-electron chi connectivity index (χ4n) is 3.44. The number of nitrogens with zero attached hydrogens (tertiary/aromatic N) is 2. The van der Waals surface area contributed by atoms with E-state index in [0.717, 1.165) is 16.2 Å².